The molecule has 1 rings (SSSR count). The molecule has 0 aliphatic heterocycles. The minimum absolute atomic E-state index is 0.000700. The molecule has 1 aromatic rings. The van der Waals surface area contributed by atoms with Gasteiger partial charge < -0.3 is 5.32 Å². The minimum atomic E-state index is -3.04. The summed E-state index contributed by atoms with van der Waals surface area (Å²) in [5.41, 5.74) is 0.527. The van der Waals surface area contributed by atoms with E-state index in [0.29, 0.717) is 5.69 Å². The lowest BCUT2D eigenvalue weighted by Gasteiger charge is -2.15. The Balaban J connectivity index is 2.73. The van der Waals surface area contributed by atoms with Gasteiger partial charge in [0.15, 0.2) is 0 Å². The van der Waals surface area contributed by atoms with Crippen molar-refractivity contribution in [1.82, 2.24) is 0 Å². The summed E-state index contributed by atoms with van der Waals surface area (Å²) in [4.78, 5) is 0. The summed E-state index contributed by atoms with van der Waals surface area (Å²) in [5, 5.41) is 3.15. The van der Waals surface area contributed by atoms with E-state index in [9.17, 15) is 12.8 Å². The molecule has 0 heterocycles. The first-order valence-corrected chi connectivity index (χ1v) is 7.11. The molecule has 1 aromatic carbocycles. The molecule has 1 atom stereocenters. The highest BCUT2D eigenvalue weighted by molar-refractivity contribution is 7.90. The van der Waals surface area contributed by atoms with Crippen molar-refractivity contribution >= 4 is 27.1 Å². The van der Waals surface area contributed by atoms with Gasteiger partial charge in [-0.25, -0.2) is 12.8 Å². The standard InChI is InChI=1S/C10H13ClFNO2S/c1-7(6-16(2,14)15)13-10-4-3-8(12)5-9(10)11/h3-5,7,13H,6H2,1-2H3. The smallest absolute Gasteiger partial charge is 0.149 e. The number of anilines is 1. The number of halogens is 2. The van der Waals surface area contributed by atoms with E-state index in [1.807, 2.05) is 0 Å². The van der Waals surface area contributed by atoms with Crippen molar-refractivity contribution < 1.29 is 12.8 Å². The predicted octanol–water partition coefficient (Wildman–Crippen LogP) is 2.32. The van der Waals surface area contributed by atoms with E-state index in [-0.39, 0.29) is 16.8 Å². The van der Waals surface area contributed by atoms with Crippen LogP contribution in [0.1, 0.15) is 6.92 Å². The van der Waals surface area contributed by atoms with Crippen LogP contribution in [0.4, 0.5) is 10.1 Å². The first-order valence-electron chi connectivity index (χ1n) is 4.67. The van der Waals surface area contributed by atoms with Gasteiger partial charge in [0.25, 0.3) is 0 Å². The van der Waals surface area contributed by atoms with Crippen LogP contribution in [0, 0.1) is 5.82 Å². The lowest BCUT2D eigenvalue weighted by atomic mass is 10.3. The summed E-state index contributed by atoms with van der Waals surface area (Å²) >= 11 is 5.79. The second kappa shape index (κ2) is 5.01. The second-order valence-corrected chi connectivity index (χ2v) is 6.35. The van der Waals surface area contributed by atoms with E-state index in [1.54, 1.807) is 6.92 Å². The Morgan fingerprint density at radius 3 is 2.62 bits per heavy atom. The fraction of sp³-hybridized carbons (Fsp3) is 0.400. The minimum Gasteiger partial charge on any atom is -0.380 e. The maximum absolute atomic E-state index is 12.7. The van der Waals surface area contributed by atoms with Gasteiger partial charge in [-0.3, -0.25) is 0 Å². The van der Waals surface area contributed by atoms with Crippen molar-refractivity contribution in [2.24, 2.45) is 0 Å². The zero-order valence-corrected chi connectivity index (χ0v) is 10.6. The first-order chi connectivity index (χ1) is 7.28. The third-order valence-electron chi connectivity index (χ3n) is 1.89. The third-order valence-corrected chi connectivity index (χ3v) is 3.30. The quantitative estimate of drug-likeness (QED) is 0.909. The molecule has 0 aliphatic rings. The summed E-state index contributed by atoms with van der Waals surface area (Å²) in [5.74, 6) is -0.424. The molecule has 0 radical (unpaired) electrons. The van der Waals surface area contributed by atoms with E-state index in [0.717, 1.165) is 6.26 Å². The summed E-state index contributed by atoms with van der Waals surface area (Å²) in [7, 11) is -3.04. The van der Waals surface area contributed by atoms with Crippen LogP contribution in [0.2, 0.25) is 5.02 Å². The van der Waals surface area contributed by atoms with Gasteiger partial charge in [-0.05, 0) is 25.1 Å². The number of sulfone groups is 1. The summed E-state index contributed by atoms with van der Waals surface area (Å²) in [6.45, 7) is 1.72. The third kappa shape index (κ3) is 4.37. The van der Waals surface area contributed by atoms with Gasteiger partial charge in [0.1, 0.15) is 15.7 Å². The molecule has 0 fully saturated rings. The van der Waals surface area contributed by atoms with Crippen molar-refractivity contribution in [3.63, 3.8) is 0 Å². The van der Waals surface area contributed by atoms with Crippen molar-refractivity contribution in [1.29, 1.82) is 0 Å². The molecule has 90 valence electrons. The van der Waals surface area contributed by atoms with Crippen LogP contribution in [-0.2, 0) is 9.84 Å². The number of nitrogens with one attached hydrogen (secondary N) is 1. The molecule has 0 saturated heterocycles. The Kier molecular flexibility index (Phi) is 4.15. The summed E-state index contributed by atoms with van der Waals surface area (Å²) < 4.78 is 34.8. The van der Waals surface area contributed by atoms with Crippen LogP contribution in [0.25, 0.3) is 0 Å². The monoisotopic (exact) mass is 265 g/mol. The van der Waals surface area contributed by atoms with Crippen molar-refractivity contribution in [2.45, 2.75) is 13.0 Å². The fourth-order valence-corrected chi connectivity index (χ4v) is 2.58. The highest BCUT2D eigenvalue weighted by Crippen LogP contribution is 2.23. The number of benzene rings is 1. The highest BCUT2D eigenvalue weighted by Gasteiger charge is 2.11. The SMILES string of the molecule is CC(CS(C)(=O)=O)Nc1ccc(F)cc1Cl. The van der Waals surface area contributed by atoms with Gasteiger partial charge in [-0.2, -0.15) is 0 Å². The molecule has 0 aliphatic carbocycles. The van der Waals surface area contributed by atoms with Gasteiger partial charge in [0, 0.05) is 12.3 Å². The highest BCUT2D eigenvalue weighted by atomic mass is 35.5. The average Bonchev–Trinajstić information content (AvgIpc) is 2.06. The molecule has 0 bridgehead atoms. The van der Waals surface area contributed by atoms with E-state index in [4.69, 9.17) is 11.6 Å². The normalized spacial score (nSPS) is 13.5. The number of rotatable bonds is 4. The Hall–Kier alpha value is -0.810. The average molecular weight is 266 g/mol. The lowest BCUT2D eigenvalue weighted by Crippen LogP contribution is -2.25. The Labute approximate surface area is 99.5 Å². The largest absolute Gasteiger partial charge is 0.380 e. The molecule has 6 heteroatoms. The molecular weight excluding hydrogens is 253 g/mol. The van der Waals surface area contributed by atoms with Gasteiger partial charge in [0.05, 0.1) is 16.5 Å². The predicted molar refractivity (Wildman–Crippen MR) is 64.2 cm³/mol. The molecule has 16 heavy (non-hydrogen) atoms. The van der Waals surface area contributed by atoms with Gasteiger partial charge in [-0.1, -0.05) is 11.6 Å². The van der Waals surface area contributed by atoms with Crippen molar-refractivity contribution in [3.05, 3.63) is 29.0 Å². The zero-order chi connectivity index (χ0) is 12.3. The fourth-order valence-electron chi connectivity index (χ4n) is 1.37. The Bertz CT molecular complexity index is 476. The van der Waals surface area contributed by atoms with E-state index >= 15 is 0 Å². The molecule has 0 amide bonds. The van der Waals surface area contributed by atoms with Crippen LogP contribution >= 0.6 is 11.6 Å². The van der Waals surface area contributed by atoms with E-state index < -0.39 is 15.7 Å². The molecular formula is C10H13ClFNO2S. The number of hydrogen-bond donors (Lipinski definition) is 1. The molecule has 3 nitrogen and oxygen atoms in total. The topological polar surface area (TPSA) is 46.2 Å². The zero-order valence-electron chi connectivity index (χ0n) is 9.00. The van der Waals surface area contributed by atoms with Gasteiger partial charge in [-0.15, -0.1) is 0 Å². The second-order valence-electron chi connectivity index (χ2n) is 3.76. The van der Waals surface area contributed by atoms with E-state index in [2.05, 4.69) is 5.32 Å². The molecule has 0 spiro atoms. The van der Waals surface area contributed by atoms with Crippen LogP contribution in [0.15, 0.2) is 18.2 Å². The van der Waals surface area contributed by atoms with Crippen LogP contribution in [-0.4, -0.2) is 26.5 Å². The van der Waals surface area contributed by atoms with E-state index in [1.165, 1.54) is 18.2 Å². The number of hydrogen-bond acceptors (Lipinski definition) is 3. The summed E-state index contributed by atoms with van der Waals surface area (Å²) in [6.07, 6.45) is 1.16. The van der Waals surface area contributed by atoms with Crippen LogP contribution in [0.5, 0.6) is 0 Å². The maximum atomic E-state index is 12.7. The van der Waals surface area contributed by atoms with Crippen molar-refractivity contribution in [2.75, 3.05) is 17.3 Å². The molecule has 1 unspecified atom stereocenters. The van der Waals surface area contributed by atoms with Crippen molar-refractivity contribution in [3.8, 4) is 0 Å². The van der Waals surface area contributed by atoms with Gasteiger partial charge >= 0.3 is 0 Å². The Morgan fingerprint density at radius 1 is 1.50 bits per heavy atom. The molecule has 1 N–H and O–H groups in total. The lowest BCUT2D eigenvalue weighted by molar-refractivity contribution is 0.598. The Morgan fingerprint density at radius 2 is 2.12 bits per heavy atom. The first kappa shape index (κ1) is 13.3. The van der Waals surface area contributed by atoms with Crippen LogP contribution < -0.4 is 5.32 Å². The maximum Gasteiger partial charge on any atom is 0.149 e. The molecule has 0 aromatic heterocycles. The van der Waals surface area contributed by atoms with Crippen LogP contribution in [0.3, 0.4) is 0 Å². The van der Waals surface area contributed by atoms with Gasteiger partial charge in [0.2, 0.25) is 0 Å². The summed E-state index contributed by atoms with van der Waals surface area (Å²) in [6, 6.07) is 3.65. The molecule has 0 saturated carbocycles.